The number of nitrogens with zero attached hydrogens (tertiary/aromatic N) is 4. The normalized spacial score (nSPS) is 27.9. The third-order valence-corrected chi connectivity index (χ3v) is 7.10. The Morgan fingerprint density at radius 1 is 1.23 bits per heavy atom. The van der Waals surface area contributed by atoms with Crippen LogP contribution in [0.25, 0.3) is 11.3 Å². The molecule has 3 aliphatic rings. The predicted octanol–water partition coefficient (Wildman–Crippen LogP) is 3.62. The first-order valence-electron chi connectivity index (χ1n) is 11.2. The summed E-state index contributed by atoms with van der Waals surface area (Å²) < 4.78 is 19.2. The van der Waals surface area contributed by atoms with Crippen LogP contribution in [0.5, 0.6) is 0 Å². The number of aryl methyl sites for hydroxylation is 1. The topological polar surface area (TPSA) is 74.1 Å². The second-order valence-electron chi connectivity index (χ2n) is 9.34. The van der Waals surface area contributed by atoms with Crippen LogP contribution in [0.1, 0.15) is 30.4 Å². The quantitative estimate of drug-likeness (QED) is 0.795. The molecule has 1 aliphatic carbocycles. The molecule has 0 spiro atoms. The van der Waals surface area contributed by atoms with Gasteiger partial charge in [-0.3, -0.25) is 0 Å². The number of fused-ring (bicyclic) bond motifs is 1. The maximum absolute atomic E-state index is 13.7. The lowest BCUT2D eigenvalue weighted by atomic mass is 10.0. The molecular formula is C24H28FN5O. The maximum Gasteiger partial charge on any atom is 0.166 e. The predicted molar refractivity (Wildman–Crippen MR) is 116 cm³/mol. The van der Waals surface area contributed by atoms with Gasteiger partial charge in [0.05, 0.1) is 17.9 Å². The standard InChI is InChI=1S/C24H28FN5O/c1-15-2-3-20(25)9-22(15)23-8-17(10-26)24(29-28-23)27-21-6-18-12-30(13-19(18)7-21)11-16-4-5-31-14-16/h2-3,8-9,16,18-19,21H,4-7,11-14H2,1H3,(H,27,29)/t16-,18-,19+,21?/m1/s1. The van der Waals surface area contributed by atoms with Gasteiger partial charge in [-0.1, -0.05) is 6.07 Å². The van der Waals surface area contributed by atoms with E-state index in [1.165, 1.54) is 18.6 Å². The third-order valence-electron chi connectivity index (χ3n) is 7.10. The number of likely N-dealkylation sites (tertiary alicyclic amines) is 1. The second-order valence-corrected chi connectivity index (χ2v) is 9.34. The summed E-state index contributed by atoms with van der Waals surface area (Å²) in [5, 5.41) is 21.7. The van der Waals surface area contributed by atoms with Gasteiger partial charge in [-0.2, -0.15) is 5.26 Å². The largest absolute Gasteiger partial charge is 0.381 e. The molecule has 5 rings (SSSR count). The summed E-state index contributed by atoms with van der Waals surface area (Å²) in [6.07, 6.45) is 3.38. The van der Waals surface area contributed by atoms with Crippen LogP contribution in [0.15, 0.2) is 24.3 Å². The van der Waals surface area contributed by atoms with Crippen molar-refractivity contribution in [2.24, 2.45) is 17.8 Å². The lowest BCUT2D eigenvalue weighted by Crippen LogP contribution is -2.30. The van der Waals surface area contributed by atoms with Gasteiger partial charge in [-0.15, -0.1) is 10.2 Å². The highest BCUT2D eigenvalue weighted by atomic mass is 19.1. The van der Waals surface area contributed by atoms with Crippen molar-refractivity contribution in [2.45, 2.75) is 32.2 Å². The third kappa shape index (κ3) is 4.28. The van der Waals surface area contributed by atoms with Gasteiger partial charge in [0.25, 0.3) is 0 Å². The monoisotopic (exact) mass is 421 g/mol. The van der Waals surface area contributed by atoms with Gasteiger partial charge in [0.1, 0.15) is 11.9 Å². The zero-order chi connectivity index (χ0) is 21.4. The first kappa shape index (κ1) is 20.3. The molecule has 2 saturated heterocycles. The average Bonchev–Trinajstić information content (AvgIpc) is 3.48. The number of benzene rings is 1. The van der Waals surface area contributed by atoms with Crippen molar-refractivity contribution in [2.75, 3.05) is 38.2 Å². The van der Waals surface area contributed by atoms with Crippen LogP contribution in [0.2, 0.25) is 0 Å². The summed E-state index contributed by atoms with van der Waals surface area (Å²) >= 11 is 0. The summed E-state index contributed by atoms with van der Waals surface area (Å²) in [5.74, 6) is 2.31. The van der Waals surface area contributed by atoms with Gasteiger partial charge in [-0.25, -0.2) is 4.39 Å². The van der Waals surface area contributed by atoms with E-state index < -0.39 is 0 Å². The smallest absolute Gasteiger partial charge is 0.166 e. The van der Waals surface area contributed by atoms with Crippen molar-refractivity contribution < 1.29 is 9.13 Å². The Kier molecular flexibility index (Phi) is 5.59. The summed E-state index contributed by atoms with van der Waals surface area (Å²) in [6.45, 7) is 7.21. The van der Waals surface area contributed by atoms with E-state index in [4.69, 9.17) is 4.74 Å². The average molecular weight is 422 g/mol. The zero-order valence-corrected chi connectivity index (χ0v) is 17.9. The van der Waals surface area contributed by atoms with Gasteiger partial charge < -0.3 is 15.0 Å². The van der Waals surface area contributed by atoms with Crippen LogP contribution in [-0.2, 0) is 4.74 Å². The summed E-state index contributed by atoms with van der Waals surface area (Å²) in [6, 6.07) is 8.83. The molecule has 1 aromatic heterocycles. The fourth-order valence-electron chi connectivity index (χ4n) is 5.54. The van der Waals surface area contributed by atoms with Crippen LogP contribution in [0.3, 0.4) is 0 Å². The van der Waals surface area contributed by atoms with E-state index in [1.54, 1.807) is 12.1 Å². The van der Waals surface area contributed by atoms with Crippen LogP contribution in [0, 0.1) is 41.8 Å². The molecule has 162 valence electrons. The molecule has 0 amide bonds. The van der Waals surface area contributed by atoms with E-state index >= 15 is 0 Å². The lowest BCUT2D eigenvalue weighted by Gasteiger charge is -2.22. The molecule has 1 unspecified atom stereocenters. The number of rotatable bonds is 5. The number of hydrogen-bond acceptors (Lipinski definition) is 6. The van der Waals surface area contributed by atoms with Crippen molar-refractivity contribution >= 4 is 5.82 Å². The molecule has 3 fully saturated rings. The number of nitriles is 1. The van der Waals surface area contributed by atoms with E-state index in [2.05, 4.69) is 26.5 Å². The van der Waals surface area contributed by atoms with Gasteiger partial charge in [0.2, 0.25) is 0 Å². The van der Waals surface area contributed by atoms with E-state index in [-0.39, 0.29) is 5.82 Å². The molecule has 0 radical (unpaired) electrons. The van der Waals surface area contributed by atoms with Crippen molar-refractivity contribution in [3.8, 4) is 17.3 Å². The van der Waals surface area contributed by atoms with Crippen molar-refractivity contribution in [1.82, 2.24) is 15.1 Å². The number of aromatic nitrogens is 2. The molecule has 0 bridgehead atoms. The molecule has 7 heteroatoms. The molecule has 4 atom stereocenters. The highest BCUT2D eigenvalue weighted by Gasteiger charge is 2.41. The number of nitrogens with one attached hydrogen (secondary N) is 1. The summed E-state index contributed by atoms with van der Waals surface area (Å²) in [7, 11) is 0. The van der Waals surface area contributed by atoms with Crippen LogP contribution in [-0.4, -0.2) is 54.0 Å². The van der Waals surface area contributed by atoms with Gasteiger partial charge >= 0.3 is 0 Å². The van der Waals surface area contributed by atoms with Gasteiger partial charge in [-0.05, 0) is 67.7 Å². The Hall–Kier alpha value is -2.56. The number of anilines is 1. The van der Waals surface area contributed by atoms with Crippen LogP contribution < -0.4 is 5.32 Å². The maximum atomic E-state index is 13.7. The Labute approximate surface area is 182 Å². The Morgan fingerprint density at radius 2 is 2.03 bits per heavy atom. The first-order chi connectivity index (χ1) is 15.1. The molecule has 1 aromatic carbocycles. The fourth-order valence-corrected chi connectivity index (χ4v) is 5.54. The van der Waals surface area contributed by atoms with E-state index in [0.717, 1.165) is 51.3 Å². The highest BCUT2D eigenvalue weighted by molar-refractivity contribution is 5.67. The molecule has 1 N–H and O–H groups in total. The Balaban J connectivity index is 1.23. The van der Waals surface area contributed by atoms with E-state index in [1.807, 2.05) is 6.92 Å². The van der Waals surface area contributed by atoms with E-state index in [0.29, 0.717) is 46.4 Å². The number of halogens is 1. The fraction of sp³-hybridized carbons (Fsp3) is 0.542. The van der Waals surface area contributed by atoms with Crippen molar-refractivity contribution in [3.05, 3.63) is 41.2 Å². The zero-order valence-electron chi connectivity index (χ0n) is 17.9. The summed E-state index contributed by atoms with van der Waals surface area (Å²) in [5.41, 5.74) is 2.54. The molecule has 2 aromatic rings. The van der Waals surface area contributed by atoms with Crippen LogP contribution in [0.4, 0.5) is 10.2 Å². The minimum absolute atomic E-state index is 0.315. The number of hydrogen-bond donors (Lipinski definition) is 1. The molecular weight excluding hydrogens is 393 g/mol. The number of ether oxygens (including phenoxy) is 1. The van der Waals surface area contributed by atoms with Gasteiger partial charge in [0.15, 0.2) is 5.82 Å². The SMILES string of the molecule is Cc1ccc(F)cc1-c1cc(C#N)c(NC2C[C@@H]3CN(C[C@H]4CCOC4)C[C@@H]3C2)nn1. The van der Waals surface area contributed by atoms with Crippen molar-refractivity contribution in [1.29, 1.82) is 5.26 Å². The highest BCUT2D eigenvalue weighted by Crippen LogP contribution is 2.40. The molecule has 2 aliphatic heterocycles. The molecule has 3 heterocycles. The second kappa shape index (κ2) is 8.52. The molecule has 1 saturated carbocycles. The van der Waals surface area contributed by atoms with Crippen LogP contribution >= 0.6 is 0 Å². The minimum Gasteiger partial charge on any atom is -0.381 e. The molecule has 6 nitrogen and oxygen atoms in total. The Bertz CT molecular complexity index is 986. The van der Waals surface area contributed by atoms with Crippen molar-refractivity contribution in [3.63, 3.8) is 0 Å². The first-order valence-corrected chi connectivity index (χ1v) is 11.2. The van der Waals surface area contributed by atoms with Gasteiger partial charge in [0, 0.05) is 37.8 Å². The lowest BCUT2D eigenvalue weighted by molar-refractivity contribution is 0.171. The van der Waals surface area contributed by atoms with E-state index in [9.17, 15) is 9.65 Å². The molecule has 31 heavy (non-hydrogen) atoms. The minimum atomic E-state index is -0.324. The Morgan fingerprint density at radius 3 is 2.74 bits per heavy atom. The summed E-state index contributed by atoms with van der Waals surface area (Å²) in [4.78, 5) is 2.61.